The molecule has 1 aliphatic rings. The summed E-state index contributed by atoms with van der Waals surface area (Å²) >= 11 is 0. The van der Waals surface area contributed by atoms with Crippen molar-refractivity contribution in [2.75, 3.05) is 11.1 Å². The van der Waals surface area contributed by atoms with Gasteiger partial charge in [-0.25, -0.2) is 14.6 Å². The minimum atomic E-state index is -0.305. The Balaban J connectivity index is 1.44. The average molecular weight is 412 g/mol. The Kier molecular flexibility index (Phi) is 5.08. The zero-order valence-corrected chi connectivity index (χ0v) is 17.2. The van der Waals surface area contributed by atoms with Crippen molar-refractivity contribution in [2.45, 2.75) is 38.1 Å². The number of rotatable bonds is 5. The first-order valence-corrected chi connectivity index (χ1v) is 10.6. The molecule has 5 rings (SSSR count). The summed E-state index contributed by atoms with van der Waals surface area (Å²) < 4.78 is 1.86. The molecule has 0 saturated heterocycles. The van der Waals surface area contributed by atoms with Crippen molar-refractivity contribution in [3.8, 4) is 0 Å². The van der Waals surface area contributed by atoms with Crippen molar-refractivity contribution in [1.82, 2.24) is 19.7 Å². The number of carbonyl (C=O) groups is 1. The zero-order chi connectivity index (χ0) is 21.2. The number of nitrogens with two attached hydrogens (primary N) is 1. The summed E-state index contributed by atoms with van der Waals surface area (Å²) in [5, 5.41) is 8.14. The molecule has 0 aliphatic heterocycles. The lowest BCUT2D eigenvalue weighted by molar-refractivity contribution is 0.102. The molecule has 0 atom stereocenters. The van der Waals surface area contributed by atoms with Gasteiger partial charge in [0.1, 0.15) is 12.1 Å². The average Bonchev–Trinajstić information content (AvgIpc) is 3.43. The fourth-order valence-electron chi connectivity index (χ4n) is 4.34. The number of benzene rings is 2. The normalized spacial score (nSPS) is 14.2. The number of carbonyl (C=O) groups excluding carboxylic acids is 1. The third kappa shape index (κ3) is 3.86. The summed E-state index contributed by atoms with van der Waals surface area (Å²) in [5.41, 5.74) is 10.1. The van der Waals surface area contributed by atoms with E-state index in [-0.39, 0.29) is 23.5 Å². The first-order chi connectivity index (χ1) is 15.2. The smallest absolute Gasteiger partial charge is 0.277 e. The number of hydrogen-bond donors (Lipinski definition) is 2. The highest BCUT2D eigenvalue weighted by atomic mass is 16.2. The predicted molar refractivity (Wildman–Crippen MR) is 121 cm³/mol. The number of nitrogens with zero attached hydrogens (tertiary/aromatic N) is 4. The highest BCUT2D eigenvalue weighted by molar-refractivity contribution is 6.13. The van der Waals surface area contributed by atoms with E-state index in [1.807, 2.05) is 41.1 Å². The summed E-state index contributed by atoms with van der Waals surface area (Å²) in [6, 6.07) is 18.4. The van der Waals surface area contributed by atoms with E-state index < -0.39 is 0 Å². The SMILES string of the molecule is Nc1ncnc2c1c(C(=O)Nc1cccc(Cc3ccccc3)c1)nn2C1CCCC1. The molecule has 2 aromatic carbocycles. The molecule has 156 valence electrons. The molecule has 4 aromatic rings. The summed E-state index contributed by atoms with van der Waals surface area (Å²) in [4.78, 5) is 21.7. The van der Waals surface area contributed by atoms with Crippen molar-refractivity contribution < 1.29 is 4.79 Å². The maximum atomic E-state index is 13.2. The monoisotopic (exact) mass is 412 g/mol. The lowest BCUT2D eigenvalue weighted by Gasteiger charge is -2.10. The Morgan fingerprint density at radius 1 is 1.03 bits per heavy atom. The molecule has 0 unspecified atom stereocenters. The van der Waals surface area contributed by atoms with E-state index in [9.17, 15) is 4.79 Å². The van der Waals surface area contributed by atoms with Crippen molar-refractivity contribution in [2.24, 2.45) is 0 Å². The Bertz CT molecular complexity index is 1230. The van der Waals surface area contributed by atoms with Crippen LogP contribution in [0.2, 0.25) is 0 Å². The highest BCUT2D eigenvalue weighted by Gasteiger charge is 2.26. The number of nitrogens with one attached hydrogen (secondary N) is 1. The van der Waals surface area contributed by atoms with Crippen molar-refractivity contribution in [1.29, 1.82) is 0 Å². The number of anilines is 2. The van der Waals surface area contributed by atoms with Crippen LogP contribution in [0.15, 0.2) is 60.9 Å². The molecule has 7 heteroatoms. The summed E-state index contributed by atoms with van der Waals surface area (Å²) in [6.45, 7) is 0. The lowest BCUT2D eigenvalue weighted by Crippen LogP contribution is -2.15. The minimum Gasteiger partial charge on any atom is -0.383 e. The Labute approximate surface area is 180 Å². The van der Waals surface area contributed by atoms with E-state index in [1.165, 1.54) is 11.9 Å². The third-order valence-corrected chi connectivity index (χ3v) is 5.84. The number of amides is 1. The minimum absolute atomic E-state index is 0.243. The van der Waals surface area contributed by atoms with Gasteiger partial charge in [0.2, 0.25) is 0 Å². The van der Waals surface area contributed by atoms with Gasteiger partial charge in [0, 0.05) is 5.69 Å². The molecular formula is C24H24N6O. The van der Waals surface area contributed by atoms with Crippen LogP contribution in [0.5, 0.6) is 0 Å². The van der Waals surface area contributed by atoms with Gasteiger partial charge in [-0.1, -0.05) is 55.3 Å². The molecule has 1 fully saturated rings. The van der Waals surface area contributed by atoms with Crippen molar-refractivity contribution in [3.05, 3.63) is 77.7 Å². The van der Waals surface area contributed by atoms with E-state index in [0.717, 1.165) is 43.4 Å². The van der Waals surface area contributed by atoms with Gasteiger partial charge >= 0.3 is 0 Å². The van der Waals surface area contributed by atoms with Crippen molar-refractivity contribution in [3.63, 3.8) is 0 Å². The highest BCUT2D eigenvalue weighted by Crippen LogP contribution is 2.33. The molecule has 2 heterocycles. The maximum Gasteiger partial charge on any atom is 0.277 e. The van der Waals surface area contributed by atoms with Crippen LogP contribution in [-0.2, 0) is 6.42 Å². The van der Waals surface area contributed by atoms with Gasteiger partial charge in [0.15, 0.2) is 11.3 Å². The topological polar surface area (TPSA) is 98.7 Å². The second kappa shape index (κ2) is 8.18. The third-order valence-electron chi connectivity index (χ3n) is 5.84. The van der Waals surface area contributed by atoms with Gasteiger partial charge in [0.05, 0.1) is 11.4 Å². The maximum absolute atomic E-state index is 13.2. The molecule has 0 bridgehead atoms. The number of fused-ring (bicyclic) bond motifs is 1. The number of nitrogen functional groups attached to an aromatic ring is 1. The van der Waals surface area contributed by atoms with Crippen molar-refractivity contribution >= 4 is 28.4 Å². The quantitative estimate of drug-likeness (QED) is 0.507. The molecule has 7 nitrogen and oxygen atoms in total. The number of aromatic nitrogens is 4. The van der Waals surface area contributed by atoms with E-state index >= 15 is 0 Å². The van der Waals surface area contributed by atoms with Crippen LogP contribution in [0, 0.1) is 0 Å². The first-order valence-electron chi connectivity index (χ1n) is 10.6. The zero-order valence-electron chi connectivity index (χ0n) is 17.2. The fraction of sp³-hybridized carbons (Fsp3) is 0.250. The van der Waals surface area contributed by atoms with Crippen LogP contribution >= 0.6 is 0 Å². The van der Waals surface area contributed by atoms with Gasteiger partial charge in [-0.2, -0.15) is 5.10 Å². The van der Waals surface area contributed by atoms with Crippen LogP contribution in [0.1, 0.15) is 53.3 Å². The Hall–Kier alpha value is -3.74. The lowest BCUT2D eigenvalue weighted by atomic mass is 10.0. The summed E-state index contributed by atoms with van der Waals surface area (Å²) in [7, 11) is 0. The van der Waals surface area contributed by atoms with Gasteiger partial charge in [-0.15, -0.1) is 0 Å². The number of hydrogen-bond acceptors (Lipinski definition) is 5. The first kappa shape index (κ1) is 19.2. The fourth-order valence-corrected chi connectivity index (χ4v) is 4.34. The largest absolute Gasteiger partial charge is 0.383 e. The molecule has 0 spiro atoms. The van der Waals surface area contributed by atoms with E-state index in [2.05, 4.69) is 38.6 Å². The summed E-state index contributed by atoms with van der Waals surface area (Å²) in [5.74, 6) is -0.0302. The molecule has 2 aromatic heterocycles. The van der Waals surface area contributed by atoms with Gasteiger partial charge in [-0.3, -0.25) is 4.79 Å². The second-order valence-corrected chi connectivity index (χ2v) is 8.01. The molecule has 1 aliphatic carbocycles. The molecule has 31 heavy (non-hydrogen) atoms. The molecule has 1 amide bonds. The van der Waals surface area contributed by atoms with Crippen LogP contribution < -0.4 is 11.1 Å². The van der Waals surface area contributed by atoms with E-state index in [0.29, 0.717) is 11.0 Å². The van der Waals surface area contributed by atoms with E-state index in [4.69, 9.17) is 5.73 Å². The molecule has 0 radical (unpaired) electrons. The molecular weight excluding hydrogens is 388 g/mol. The van der Waals surface area contributed by atoms with Crippen LogP contribution in [0.3, 0.4) is 0 Å². The molecule has 1 saturated carbocycles. The van der Waals surface area contributed by atoms with E-state index in [1.54, 1.807) is 0 Å². The summed E-state index contributed by atoms with van der Waals surface area (Å²) in [6.07, 6.45) is 6.60. The van der Waals surface area contributed by atoms with Gasteiger partial charge in [0.25, 0.3) is 5.91 Å². The van der Waals surface area contributed by atoms with Crippen LogP contribution in [0.4, 0.5) is 11.5 Å². The van der Waals surface area contributed by atoms with Crippen LogP contribution in [-0.4, -0.2) is 25.7 Å². The predicted octanol–water partition coefficient (Wildman–Crippen LogP) is 4.37. The Morgan fingerprint density at radius 3 is 2.61 bits per heavy atom. The standard InChI is InChI=1S/C24H24N6O/c25-22-20-21(29-30(19-11-4-5-12-19)23(20)27-15-26-22)24(31)28-18-10-6-9-17(14-18)13-16-7-2-1-3-8-16/h1-3,6-10,14-15,19H,4-5,11-13H2,(H,28,31)(H2,25,26,27). The van der Waals surface area contributed by atoms with Gasteiger partial charge in [-0.05, 0) is 42.5 Å². The molecule has 3 N–H and O–H groups in total. The Morgan fingerprint density at radius 2 is 1.81 bits per heavy atom. The second-order valence-electron chi connectivity index (χ2n) is 8.01. The van der Waals surface area contributed by atoms with Gasteiger partial charge < -0.3 is 11.1 Å². The van der Waals surface area contributed by atoms with Crippen LogP contribution in [0.25, 0.3) is 11.0 Å².